The molecule has 0 atom stereocenters. The molecule has 0 bridgehead atoms. The zero-order valence-corrected chi connectivity index (χ0v) is 18.8. The van der Waals surface area contributed by atoms with Crippen LogP contribution in [0.5, 0.6) is 5.75 Å². The zero-order chi connectivity index (χ0) is 22.7. The summed E-state index contributed by atoms with van der Waals surface area (Å²) in [5.41, 5.74) is 2.12. The second kappa shape index (κ2) is 9.36. The van der Waals surface area contributed by atoms with Crippen LogP contribution in [0.4, 0.5) is 0 Å². The average molecular weight is 449 g/mol. The number of carboxylic acids is 1. The summed E-state index contributed by atoms with van der Waals surface area (Å²) < 4.78 is 7.51. The number of nitrogens with zero attached hydrogens (tertiary/aromatic N) is 2. The fourth-order valence-corrected chi connectivity index (χ4v) is 4.58. The molecular formula is C25H24N2O4S. The molecule has 0 spiro atoms. The van der Waals surface area contributed by atoms with Gasteiger partial charge in [-0.3, -0.25) is 9.36 Å². The monoisotopic (exact) mass is 448 g/mol. The minimum atomic E-state index is -0.969. The van der Waals surface area contributed by atoms with E-state index in [4.69, 9.17) is 14.8 Å². The van der Waals surface area contributed by atoms with Crippen molar-refractivity contribution in [3.05, 3.63) is 81.7 Å². The zero-order valence-electron chi connectivity index (χ0n) is 17.9. The Balaban J connectivity index is 1.57. The lowest BCUT2D eigenvalue weighted by Crippen LogP contribution is -2.26. The Labute approximate surface area is 189 Å². The van der Waals surface area contributed by atoms with Crippen molar-refractivity contribution in [1.29, 1.82) is 0 Å². The highest BCUT2D eigenvalue weighted by atomic mass is 32.1. The first kappa shape index (κ1) is 21.8. The quantitative estimate of drug-likeness (QED) is 0.364. The molecule has 2 heterocycles. The van der Waals surface area contributed by atoms with Gasteiger partial charge in [0.25, 0.3) is 5.56 Å². The van der Waals surface area contributed by atoms with E-state index in [1.54, 1.807) is 16.7 Å². The minimum Gasteiger partial charge on any atom is -0.494 e. The number of aromatic nitrogens is 2. The molecule has 0 unspecified atom stereocenters. The second-order valence-corrected chi connectivity index (χ2v) is 8.67. The van der Waals surface area contributed by atoms with E-state index in [0.717, 1.165) is 21.8 Å². The van der Waals surface area contributed by atoms with Crippen molar-refractivity contribution in [3.8, 4) is 16.9 Å². The molecule has 0 aliphatic rings. The smallest absolute Gasteiger partial charge is 0.335 e. The molecule has 7 heteroatoms. The Morgan fingerprint density at radius 1 is 1.12 bits per heavy atom. The minimum absolute atomic E-state index is 0.0235. The van der Waals surface area contributed by atoms with E-state index in [-0.39, 0.29) is 17.0 Å². The van der Waals surface area contributed by atoms with Crippen molar-refractivity contribution < 1.29 is 14.6 Å². The van der Waals surface area contributed by atoms with Crippen LogP contribution in [0.2, 0.25) is 0 Å². The van der Waals surface area contributed by atoms with Crippen LogP contribution in [0.25, 0.3) is 21.3 Å². The summed E-state index contributed by atoms with van der Waals surface area (Å²) in [5.74, 6) is 0.515. The second-order valence-electron chi connectivity index (χ2n) is 7.81. The number of carboxylic acid groups (broad SMARTS) is 1. The summed E-state index contributed by atoms with van der Waals surface area (Å²) in [7, 11) is 0. The number of benzene rings is 2. The third-order valence-corrected chi connectivity index (χ3v) is 6.09. The van der Waals surface area contributed by atoms with Crippen molar-refractivity contribution in [2.45, 2.75) is 32.7 Å². The number of carbonyl (C=O) groups is 1. The average Bonchev–Trinajstić information content (AvgIpc) is 3.23. The molecule has 4 rings (SSSR count). The van der Waals surface area contributed by atoms with Crippen LogP contribution >= 0.6 is 11.3 Å². The topological polar surface area (TPSA) is 81.4 Å². The standard InChI is InChI=1S/C25H24N2O4S/c1-16(2)22-26-23-21(20(15-32-23)17-7-4-3-5-8-17)24(28)27(22)13-6-14-31-19-11-9-18(10-12-19)25(29)30/h3-5,7-12,15-16H,6,13-14H2,1-2H3,(H,29,30). The van der Waals surface area contributed by atoms with Gasteiger partial charge in [0.15, 0.2) is 0 Å². The fourth-order valence-electron chi connectivity index (χ4n) is 3.63. The van der Waals surface area contributed by atoms with E-state index in [9.17, 15) is 9.59 Å². The van der Waals surface area contributed by atoms with Crippen LogP contribution in [0, 0.1) is 0 Å². The predicted molar refractivity (Wildman–Crippen MR) is 127 cm³/mol. The maximum atomic E-state index is 13.5. The summed E-state index contributed by atoms with van der Waals surface area (Å²) in [6, 6.07) is 16.2. The van der Waals surface area contributed by atoms with Crippen molar-refractivity contribution in [2.24, 2.45) is 0 Å². The number of aromatic carboxylic acids is 1. The molecule has 1 N–H and O–H groups in total. The van der Waals surface area contributed by atoms with E-state index < -0.39 is 5.97 Å². The van der Waals surface area contributed by atoms with E-state index in [2.05, 4.69) is 0 Å². The van der Waals surface area contributed by atoms with Gasteiger partial charge in [0.05, 0.1) is 17.6 Å². The highest BCUT2D eigenvalue weighted by Gasteiger charge is 2.18. The third kappa shape index (κ3) is 4.43. The maximum absolute atomic E-state index is 13.5. The Morgan fingerprint density at radius 2 is 1.84 bits per heavy atom. The molecule has 2 aromatic heterocycles. The summed E-state index contributed by atoms with van der Waals surface area (Å²) in [6.07, 6.45) is 0.623. The van der Waals surface area contributed by atoms with Gasteiger partial charge in [0, 0.05) is 23.4 Å². The first-order valence-corrected chi connectivity index (χ1v) is 11.4. The largest absolute Gasteiger partial charge is 0.494 e. The molecule has 2 aromatic carbocycles. The molecule has 0 amide bonds. The lowest BCUT2D eigenvalue weighted by molar-refractivity contribution is 0.0697. The van der Waals surface area contributed by atoms with Crippen LogP contribution in [-0.4, -0.2) is 27.2 Å². The Hall–Kier alpha value is -3.45. The number of ether oxygens (including phenoxy) is 1. The van der Waals surface area contributed by atoms with Gasteiger partial charge in [0.2, 0.25) is 0 Å². The molecule has 0 saturated heterocycles. The molecule has 164 valence electrons. The van der Waals surface area contributed by atoms with Crippen molar-refractivity contribution >= 4 is 27.5 Å². The summed E-state index contributed by atoms with van der Waals surface area (Å²) in [5, 5.41) is 11.7. The van der Waals surface area contributed by atoms with Crippen LogP contribution in [0.3, 0.4) is 0 Å². The van der Waals surface area contributed by atoms with Gasteiger partial charge in [-0.15, -0.1) is 11.3 Å². The molecule has 0 fully saturated rings. The molecular weight excluding hydrogens is 424 g/mol. The Bertz CT molecular complexity index is 1290. The van der Waals surface area contributed by atoms with Crippen molar-refractivity contribution in [2.75, 3.05) is 6.61 Å². The number of thiophene rings is 1. The summed E-state index contributed by atoms with van der Waals surface area (Å²) in [6.45, 7) is 4.98. The van der Waals surface area contributed by atoms with Crippen LogP contribution in [-0.2, 0) is 6.54 Å². The van der Waals surface area contributed by atoms with Crippen LogP contribution in [0.1, 0.15) is 42.4 Å². The van der Waals surface area contributed by atoms with Gasteiger partial charge in [-0.25, -0.2) is 9.78 Å². The van der Waals surface area contributed by atoms with E-state index >= 15 is 0 Å². The lowest BCUT2D eigenvalue weighted by atomic mass is 10.1. The van der Waals surface area contributed by atoms with E-state index in [0.29, 0.717) is 30.7 Å². The molecule has 4 aromatic rings. The normalized spacial score (nSPS) is 11.2. The molecule has 0 radical (unpaired) electrons. The molecule has 6 nitrogen and oxygen atoms in total. The van der Waals surface area contributed by atoms with Gasteiger partial charge < -0.3 is 9.84 Å². The SMILES string of the molecule is CC(C)c1nc2scc(-c3ccccc3)c2c(=O)n1CCCOc1ccc(C(=O)O)cc1. The van der Waals surface area contributed by atoms with Gasteiger partial charge in [-0.05, 0) is 36.2 Å². The first-order chi connectivity index (χ1) is 15.5. The number of hydrogen-bond acceptors (Lipinski definition) is 5. The maximum Gasteiger partial charge on any atom is 0.335 e. The molecule has 32 heavy (non-hydrogen) atoms. The van der Waals surface area contributed by atoms with Crippen molar-refractivity contribution in [3.63, 3.8) is 0 Å². The first-order valence-electron chi connectivity index (χ1n) is 10.5. The fraction of sp³-hybridized carbons (Fsp3) is 0.240. The van der Waals surface area contributed by atoms with Crippen LogP contribution < -0.4 is 10.3 Å². The highest BCUT2D eigenvalue weighted by molar-refractivity contribution is 7.17. The van der Waals surface area contributed by atoms with Gasteiger partial charge in [-0.1, -0.05) is 44.2 Å². The predicted octanol–water partition coefficient (Wildman–Crippen LogP) is 5.42. The van der Waals surface area contributed by atoms with Crippen LogP contribution in [0.15, 0.2) is 64.8 Å². The summed E-state index contributed by atoms with van der Waals surface area (Å²) >= 11 is 1.50. The third-order valence-electron chi connectivity index (χ3n) is 5.22. The van der Waals surface area contributed by atoms with Gasteiger partial charge in [0.1, 0.15) is 16.4 Å². The molecule has 0 saturated carbocycles. The van der Waals surface area contributed by atoms with Gasteiger partial charge >= 0.3 is 5.97 Å². The lowest BCUT2D eigenvalue weighted by Gasteiger charge is -2.15. The molecule has 0 aliphatic heterocycles. The van der Waals surface area contributed by atoms with Gasteiger partial charge in [-0.2, -0.15) is 0 Å². The Kier molecular flexibility index (Phi) is 6.37. The number of rotatable bonds is 8. The van der Waals surface area contributed by atoms with E-state index in [1.165, 1.54) is 23.5 Å². The highest BCUT2D eigenvalue weighted by Crippen LogP contribution is 2.31. The number of fused-ring (bicyclic) bond motifs is 1. The van der Waals surface area contributed by atoms with E-state index in [1.807, 2.05) is 49.6 Å². The molecule has 0 aliphatic carbocycles. The Morgan fingerprint density at radius 3 is 2.50 bits per heavy atom. The number of hydrogen-bond donors (Lipinski definition) is 1. The van der Waals surface area contributed by atoms with Crippen molar-refractivity contribution in [1.82, 2.24) is 9.55 Å². The summed E-state index contributed by atoms with van der Waals surface area (Å²) in [4.78, 5) is 30.1.